The van der Waals surface area contributed by atoms with E-state index in [0.29, 0.717) is 6.04 Å². The third kappa shape index (κ3) is 5.71. The summed E-state index contributed by atoms with van der Waals surface area (Å²) in [5, 5.41) is 3.64. The van der Waals surface area contributed by atoms with Crippen molar-refractivity contribution < 1.29 is 0 Å². The van der Waals surface area contributed by atoms with Crippen LogP contribution in [0.1, 0.15) is 66.2 Å². The van der Waals surface area contributed by atoms with Crippen LogP contribution in [0.4, 0.5) is 0 Å². The number of hydrogen-bond donors (Lipinski definition) is 1. The van der Waals surface area contributed by atoms with Gasteiger partial charge in [0.2, 0.25) is 0 Å². The monoisotopic (exact) mass is 254 g/mol. The molecule has 0 spiro atoms. The highest BCUT2D eigenvalue weighted by Gasteiger charge is 2.23. The lowest BCUT2D eigenvalue weighted by atomic mass is 10.1. The molecular weight excluding hydrogens is 220 g/mol. The van der Waals surface area contributed by atoms with Gasteiger partial charge in [-0.2, -0.15) is 0 Å². The second kappa shape index (κ2) is 8.92. The number of nitrogens with zero attached hydrogens (tertiary/aromatic N) is 1. The maximum atomic E-state index is 3.64. The van der Waals surface area contributed by atoms with E-state index in [1.165, 1.54) is 51.6 Å². The first-order valence-electron chi connectivity index (χ1n) is 8.11. The van der Waals surface area contributed by atoms with Crippen LogP contribution in [0.5, 0.6) is 0 Å². The van der Waals surface area contributed by atoms with Gasteiger partial charge in [0.15, 0.2) is 0 Å². The molecular formula is C16H34N2. The van der Waals surface area contributed by atoms with E-state index in [0.717, 1.165) is 18.5 Å². The average Bonchev–Trinajstić information content (AvgIpc) is 2.59. The molecule has 2 unspecified atom stereocenters. The van der Waals surface area contributed by atoms with E-state index in [4.69, 9.17) is 0 Å². The fourth-order valence-corrected chi connectivity index (χ4v) is 3.04. The zero-order chi connectivity index (χ0) is 13.4. The Morgan fingerprint density at radius 2 is 1.94 bits per heavy atom. The minimum absolute atomic E-state index is 0.695. The molecule has 1 saturated heterocycles. The van der Waals surface area contributed by atoms with Crippen molar-refractivity contribution in [1.82, 2.24) is 10.2 Å². The second-order valence-corrected chi connectivity index (χ2v) is 6.38. The van der Waals surface area contributed by atoms with Gasteiger partial charge in [-0.15, -0.1) is 0 Å². The summed E-state index contributed by atoms with van der Waals surface area (Å²) in [5.41, 5.74) is 0. The normalized spacial score (nSPS) is 24.2. The Morgan fingerprint density at radius 3 is 2.61 bits per heavy atom. The van der Waals surface area contributed by atoms with Gasteiger partial charge >= 0.3 is 0 Å². The molecule has 0 bridgehead atoms. The van der Waals surface area contributed by atoms with E-state index in [1.54, 1.807) is 0 Å². The fraction of sp³-hybridized carbons (Fsp3) is 1.00. The van der Waals surface area contributed by atoms with Crippen LogP contribution in [0.2, 0.25) is 0 Å². The van der Waals surface area contributed by atoms with E-state index in [2.05, 4.69) is 37.9 Å². The highest BCUT2D eigenvalue weighted by Crippen LogP contribution is 2.21. The molecule has 2 atom stereocenters. The van der Waals surface area contributed by atoms with Crippen molar-refractivity contribution in [2.45, 2.75) is 78.3 Å². The van der Waals surface area contributed by atoms with Gasteiger partial charge in [-0.3, -0.25) is 4.90 Å². The lowest BCUT2D eigenvalue weighted by Crippen LogP contribution is -2.46. The molecule has 2 heteroatoms. The molecule has 0 aromatic carbocycles. The summed E-state index contributed by atoms with van der Waals surface area (Å²) < 4.78 is 0. The highest BCUT2D eigenvalue weighted by atomic mass is 15.2. The highest BCUT2D eigenvalue weighted by molar-refractivity contribution is 4.80. The van der Waals surface area contributed by atoms with Crippen LogP contribution in [0, 0.1) is 5.92 Å². The average molecular weight is 254 g/mol. The maximum absolute atomic E-state index is 3.64. The number of rotatable bonds is 7. The molecule has 1 rings (SSSR count). The molecule has 0 radical (unpaired) electrons. The first kappa shape index (κ1) is 16.0. The van der Waals surface area contributed by atoms with E-state index in [1.807, 2.05) is 0 Å². The molecule has 1 aliphatic rings. The van der Waals surface area contributed by atoms with Crippen LogP contribution >= 0.6 is 0 Å². The van der Waals surface area contributed by atoms with Gasteiger partial charge < -0.3 is 5.32 Å². The zero-order valence-corrected chi connectivity index (χ0v) is 13.0. The summed E-state index contributed by atoms with van der Waals surface area (Å²) in [5.74, 6) is 0.814. The van der Waals surface area contributed by atoms with Crippen molar-refractivity contribution in [1.29, 1.82) is 0 Å². The zero-order valence-electron chi connectivity index (χ0n) is 13.0. The topological polar surface area (TPSA) is 15.3 Å². The minimum Gasteiger partial charge on any atom is -0.315 e. The standard InChI is InChI=1S/C16H34N2/c1-5-16-9-7-6-8-12-18(16)15(4)13-17-11-10-14(2)3/h14-17H,5-13H2,1-4H3. The lowest BCUT2D eigenvalue weighted by Gasteiger charge is -2.35. The Balaban J connectivity index is 2.30. The Hall–Kier alpha value is -0.0800. The fourth-order valence-electron chi connectivity index (χ4n) is 3.04. The Morgan fingerprint density at radius 1 is 1.17 bits per heavy atom. The quantitative estimate of drug-likeness (QED) is 0.697. The van der Waals surface area contributed by atoms with Crippen molar-refractivity contribution >= 4 is 0 Å². The summed E-state index contributed by atoms with van der Waals surface area (Å²) in [6.07, 6.45) is 8.28. The van der Waals surface area contributed by atoms with E-state index in [-0.39, 0.29) is 0 Å². The summed E-state index contributed by atoms with van der Waals surface area (Å²) in [4.78, 5) is 2.76. The molecule has 0 aliphatic carbocycles. The van der Waals surface area contributed by atoms with Gasteiger partial charge in [0, 0.05) is 18.6 Å². The molecule has 0 aromatic rings. The van der Waals surface area contributed by atoms with Gasteiger partial charge in [-0.1, -0.05) is 33.6 Å². The Kier molecular flexibility index (Phi) is 7.92. The molecule has 1 aliphatic heterocycles. The van der Waals surface area contributed by atoms with Crippen LogP contribution in [0.3, 0.4) is 0 Å². The van der Waals surface area contributed by atoms with Gasteiger partial charge in [0.1, 0.15) is 0 Å². The summed E-state index contributed by atoms with van der Waals surface area (Å²) in [7, 11) is 0. The van der Waals surface area contributed by atoms with E-state index < -0.39 is 0 Å². The molecule has 1 N–H and O–H groups in total. The second-order valence-electron chi connectivity index (χ2n) is 6.38. The van der Waals surface area contributed by atoms with Gasteiger partial charge in [0.05, 0.1) is 0 Å². The van der Waals surface area contributed by atoms with E-state index in [9.17, 15) is 0 Å². The first-order valence-corrected chi connectivity index (χ1v) is 8.11. The predicted octanol–water partition coefficient (Wildman–Crippen LogP) is 3.67. The predicted molar refractivity (Wildman–Crippen MR) is 81.0 cm³/mol. The van der Waals surface area contributed by atoms with Crippen molar-refractivity contribution in [3.8, 4) is 0 Å². The number of likely N-dealkylation sites (tertiary alicyclic amines) is 1. The molecule has 0 saturated carbocycles. The van der Waals surface area contributed by atoms with Crippen LogP contribution in [-0.4, -0.2) is 36.6 Å². The van der Waals surface area contributed by atoms with Crippen LogP contribution < -0.4 is 5.32 Å². The molecule has 0 aromatic heterocycles. The first-order chi connectivity index (χ1) is 8.65. The number of hydrogen-bond acceptors (Lipinski definition) is 2. The SMILES string of the molecule is CCC1CCCCCN1C(C)CNCCC(C)C. The molecule has 1 heterocycles. The van der Waals surface area contributed by atoms with Gasteiger partial charge in [-0.25, -0.2) is 0 Å². The summed E-state index contributed by atoms with van der Waals surface area (Å²) >= 11 is 0. The molecule has 2 nitrogen and oxygen atoms in total. The molecule has 1 fully saturated rings. The summed E-state index contributed by atoms with van der Waals surface area (Å²) in [6.45, 7) is 13.0. The van der Waals surface area contributed by atoms with Gasteiger partial charge in [-0.05, 0) is 51.6 Å². The molecule has 18 heavy (non-hydrogen) atoms. The van der Waals surface area contributed by atoms with Crippen LogP contribution in [-0.2, 0) is 0 Å². The van der Waals surface area contributed by atoms with Crippen molar-refractivity contribution in [3.63, 3.8) is 0 Å². The van der Waals surface area contributed by atoms with Crippen molar-refractivity contribution in [2.24, 2.45) is 5.92 Å². The van der Waals surface area contributed by atoms with Crippen molar-refractivity contribution in [2.75, 3.05) is 19.6 Å². The molecule has 0 amide bonds. The third-order valence-electron chi connectivity index (χ3n) is 4.30. The largest absolute Gasteiger partial charge is 0.315 e. The summed E-state index contributed by atoms with van der Waals surface area (Å²) in [6, 6.07) is 1.52. The maximum Gasteiger partial charge on any atom is 0.0195 e. The number of nitrogens with one attached hydrogen (secondary N) is 1. The van der Waals surface area contributed by atoms with Gasteiger partial charge in [0.25, 0.3) is 0 Å². The van der Waals surface area contributed by atoms with Crippen LogP contribution in [0.25, 0.3) is 0 Å². The Labute approximate surface area is 115 Å². The molecule has 108 valence electrons. The lowest BCUT2D eigenvalue weighted by molar-refractivity contribution is 0.140. The van der Waals surface area contributed by atoms with Crippen LogP contribution in [0.15, 0.2) is 0 Å². The van der Waals surface area contributed by atoms with Crippen molar-refractivity contribution in [3.05, 3.63) is 0 Å². The third-order valence-corrected chi connectivity index (χ3v) is 4.30. The Bertz CT molecular complexity index is 203. The van der Waals surface area contributed by atoms with E-state index >= 15 is 0 Å². The smallest absolute Gasteiger partial charge is 0.0195 e. The minimum atomic E-state index is 0.695.